The average Bonchev–Trinajstić information content (AvgIpc) is 2.26. The molecule has 0 atom stereocenters. The molecule has 1 aromatic rings. The lowest BCUT2D eigenvalue weighted by molar-refractivity contribution is 0.0698. The standard InChI is InChI=1S/C14H19ClN2O3/c1-4-7-14(2,3)17-13(20)16-11-8-9(15)5-6-10(11)12(18)19/h5-6,8H,4,7H2,1-3H3,(H,18,19)(H2,16,17,20). The molecule has 1 rings (SSSR count). The number of carbonyl (C=O) groups excluding carboxylic acids is 1. The topological polar surface area (TPSA) is 78.4 Å². The van der Waals surface area contributed by atoms with Crippen molar-refractivity contribution in [2.45, 2.75) is 39.2 Å². The largest absolute Gasteiger partial charge is 0.478 e. The summed E-state index contributed by atoms with van der Waals surface area (Å²) in [6.45, 7) is 5.85. The van der Waals surface area contributed by atoms with Crippen LogP contribution in [0.4, 0.5) is 10.5 Å². The van der Waals surface area contributed by atoms with Gasteiger partial charge in [-0.3, -0.25) is 0 Å². The van der Waals surface area contributed by atoms with Crippen molar-refractivity contribution in [3.05, 3.63) is 28.8 Å². The van der Waals surface area contributed by atoms with Gasteiger partial charge in [-0.25, -0.2) is 9.59 Å². The van der Waals surface area contributed by atoms with Crippen LogP contribution in [0.3, 0.4) is 0 Å². The van der Waals surface area contributed by atoms with Gasteiger partial charge in [-0.15, -0.1) is 0 Å². The molecular weight excluding hydrogens is 280 g/mol. The third-order valence-electron chi connectivity index (χ3n) is 2.79. The Morgan fingerprint density at radius 1 is 1.35 bits per heavy atom. The maximum atomic E-state index is 11.9. The lowest BCUT2D eigenvalue weighted by Crippen LogP contribution is -2.45. The van der Waals surface area contributed by atoms with E-state index in [1.807, 2.05) is 20.8 Å². The number of benzene rings is 1. The number of amides is 2. The van der Waals surface area contributed by atoms with Gasteiger partial charge in [0.25, 0.3) is 0 Å². The molecule has 1 aromatic carbocycles. The van der Waals surface area contributed by atoms with Crippen LogP contribution in [0.1, 0.15) is 44.0 Å². The molecule has 2 amide bonds. The van der Waals surface area contributed by atoms with Crippen molar-refractivity contribution in [2.24, 2.45) is 0 Å². The molecule has 0 spiro atoms. The summed E-state index contributed by atoms with van der Waals surface area (Å²) in [5.41, 5.74) is -0.187. The van der Waals surface area contributed by atoms with Gasteiger partial charge in [-0.1, -0.05) is 24.9 Å². The second-order valence-electron chi connectivity index (χ2n) is 5.21. The SMILES string of the molecule is CCCC(C)(C)NC(=O)Nc1cc(Cl)ccc1C(=O)O. The zero-order chi connectivity index (χ0) is 15.3. The number of halogens is 1. The Balaban J connectivity index is 2.85. The van der Waals surface area contributed by atoms with Crippen molar-refractivity contribution >= 4 is 29.3 Å². The Morgan fingerprint density at radius 2 is 2.00 bits per heavy atom. The van der Waals surface area contributed by atoms with Gasteiger partial charge in [0.15, 0.2) is 0 Å². The molecule has 0 aromatic heterocycles. The number of carbonyl (C=O) groups is 2. The summed E-state index contributed by atoms with van der Waals surface area (Å²) in [5.74, 6) is -1.12. The molecule has 20 heavy (non-hydrogen) atoms. The van der Waals surface area contributed by atoms with Crippen molar-refractivity contribution in [1.29, 1.82) is 0 Å². The first-order chi connectivity index (χ1) is 9.25. The smallest absolute Gasteiger partial charge is 0.337 e. The highest BCUT2D eigenvalue weighted by Gasteiger charge is 2.20. The number of nitrogens with one attached hydrogen (secondary N) is 2. The predicted octanol–water partition coefficient (Wildman–Crippen LogP) is 3.74. The van der Waals surface area contributed by atoms with Crippen LogP contribution in [0.15, 0.2) is 18.2 Å². The van der Waals surface area contributed by atoms with E-state index in [1.54, 1.807) is 0 Å². The van der Waals surface area contributed by atoms with E-state index >= 15 is 0 Å². The van der Waals surface area contributed by atoms with Gasteiger partial charge in [0.05, 0.1) is 11.3 Å². The summed E-state index contributed by atoms with van der Waals surface area (Å²) in [4.78, 5) is 23.0. The van der Waals surface area contributed by atoms with Crippen LogP contribution >= 0.6 is 11.6 Å². The molecule has 0 heterocycles. The molecular formula is C14H19ClN2O3. The van der Waals surface area contributed by atoms with Gasteiger partial charge in [-0.2, -0.15) is 0 Å². The van der Waals surface area contributed by atoms with Crippen LogP contribution in [-0.4, -0.2) is 22.6 Å². The minimum absolute atomic E-state index is 0.00199. The molecule has 0 radical (unpaired) electrons. The van der Waals surface area contributed by atoms with Crippen LogP contribution in [-0.2, 0) is 0 Å². The Labute approximate surface area is 123 Å². The summed E-state index contributed by atoms with van der Waals surface area (Å²) in [5, 5.41) is 14.8. The van der Waals surface area contributed by atoms with Crippen LogP contribution < -0.4 is 10.6 Å². The number of carboxylic acids is 1. The molecule has 110 valence electrons. The third kappa shape index (κ3) is 4.74. The van der Waals surface area contributed by atoms with E-state index in [-0.39, 0.29) is 16.8 Å². The summed E-state index contributed by atoms with van der Waals surface area (Å²) >= 11 is 5.82. The highest BCUT2D eigenvalue weighted by molar-refractivity contribution is 6.31. The Bertz CT molecular complexity index is 515. The normalized spacial score (nSPS) is 11.0. The van der Waals surface area contributed by atoms with E-state index in [4.69, 9.17) is 16.7 Å². The van der Waals surface area contributed by atoms with E-state index in [9.17, 15) is 9.59 Å². The molecule has 0 fully saturated rings. The number of hydrogen-bond acceptors (Lipinski definition) is 2. The summed E-state index contributed by atoms with van der Waals surface area (Å²) in [6, 6.07) is 3.79. The summed E-state index contributed by atoms with van der Waals surface area (Å²) in [7, 11) is 0. The third-order valence-corrected chi connectivity index (χ3v) is 3.02. The Morgan fingerprint density at radius 3 is 2.55 bits per heavy atom. The predicted molar refractivity (Wildman–Crippen MR) is 79.6 cm³/mol. The first-order valence-corrected chi connectivity index (χ1v) is 6.75. The second-order valence-corrected chi connectivity index (χ2v) is 5.64. The number of hydrogen-bond donors (Lipinski definition) is 3. The lowest BCUT2D eigenvalue weighted by atomic mass is 9.99. The van der Waals surface area contributed by atoms with Crippen molar-refractivity contribution < 1.29 is 14.7 Å². The summed E-state index contributed by atoms with van der Waals surface area (Å²) < 4.78 is 0. The minimum atomic E-state index is -1.12. The number of urea groups is 1. The van der Waals surface area contributed by atoms with Crippen molar-refractivity contribution in [2.75, 3.05) is 5.32 Å². The molecule has 6 heteroatoms. The van der Waals surface area contributed by atoms with Gasteiger partial charge >= 0.3 is 12.0 Å². The van der Waals surface area contributed by atoms with Crippen molar-refractivity contribution in [1.82, 2.24) is 5.32 Å². The van der Waals surface area contributed by atoms with Crippen LogP contribution in [0.5, 0.6) is 0 Å². The molecule has 5 nitrogen and oxygen atoms in total. The molecule has 3 N–H and O–H groups in total. The number of anilines is 1. The maximum absolute atomic E-state index is 11.9. The average molecular weight is 299 g/mol. The van der Waals surface area contributed by atoms with E-state index in [1.165, 1.54) is 18.2 Å². The first-order valence-electron chi connectivity index (χ1n) is 6.37. The molecule has 0 aliphatic heterocycles. The molecule has 0 bridgehead atoms. The van der Waals surface area contributed by atoms with Gasteiger partial charge in [-0.05, 0) is 38.5 Å². The van der Waals surface area contributed by atoms with Gasteiger partial charge < -0.3 is 15.7 Å². The zero-order valence-corrected chi connectivity index (χ0v) is 12.5. The Kier molecular flexibility index (Phi) is 5.39. The fourth-order valence-electron chi connectivity index (χ4n) is 1.95. The van der Waals surface area contributed by atoms with E-state index in [2.05, 4.69) is 10.6 Å². The van der Waals surface area contributed by atoms with Gasteiger partial charge in [0, 0.05) is 10.6 Å². The molecule has 0 aliphatic carbocycles. The van der Waals surface area contributed by atoms with Crippen LogP contribution in [0.25, 0.3) is 0 Å². The number of aromatic carboxylic acids is 1. The van der Waals surface area contributed by atoms with E-state index in [0.29, 0.717) is 5.02 Å². The molecule has 0 saturated heterocycles. The number of rotatable bonds is 5. The van der Waals surface area contributed by atoms with Crippen molar-refractivity contribution in [3.63, 3.8) is 0 Å². The van der Waals surface area contributed by atoms with Crippen LogP contribution in [0.2, 0.25) is 5.02 Å². The molecule has 0 unspecified atom stereocenters. The van der Waals surface area contributed by atoms with E-state index in [0.717, 1.165) is 12.8 Å². The number of carboxylic acid groups (broad SMARTS) is 1. The van der Waals surface area contributed by atoms with Gasteiger partial charge in [0.1, 0.15) is 0 Å². The quantitative estimate of drug-likeness (QED) is 0.775. The maximum Gasteiger partial charge on any atom is 0.337 e. The zero-order valence-electron chi connectivity index (χ0n) is 11.8. The first kappa shape index (κ1) is 16.3. The monoisotopic (exact) mass is 298 g/mol. The van der Waals surface area contributed by atoms with Crippen molar-refractivity contribution in [3.8, 4) is 0 Å². The summed E-state index contributed by atoms with van der Waals surface area (Å²) in [6.07, 6.45) is 1.76. The fraction of sp³-hybridized carbons (Fsp3) is 0.429. The molecule has 0 saturated carbocycles. The minimum Gasteiger partial charge on any atom is -0.478 e. The van der Waals surface area contributed by atoms with Crippen LogP contribution in [0, 0.1) is 0 Å². The van der Waals surface area contributed by atoms with E-state index < -0.39 is 12.0 Å². The fourth-order valence-corrected chi connectivity index (χ4v) is 2.13. The highest BCUT2D eigenvalue weighted by atomic mass is 35.5. The highest BCUT2D eigenvalue weighted by Crippen LogP contribution is 2.21. The van der Waals surface area contributed by atoms with Gasteiger partial charge in [0.2, 0.25) is 0 Å². The second kappa shape index (κ2) is 6.61. The Hall–Kier alpha value is -1.75. The molecule has 0 aliphatic rings. The lowest BCUT2D eigenvalue weighted by Gasteiger charge is -2.26.